The Kier molecular flexibility index (Phi) is 3.24. The lowest BCUT2D eigenvalue weighted by Gasteiger charge is -2.08. The van der Waals surface area contributed by atoms with Gasteiger partial charge >= 0.3 is 6.98 Å². The first kappa shape index (κ1) is 13.1. The number of hydrogen-bond donors (Lipinski definition) is 0. The highest BCUT2D eigenvalue weighted by Crippen LogP contribution is 2.12. The lowest BCUT2D eigenvalue weighted by Crippen LogP contribution is -2.35. The van der Waals surface area contributed by atoms with Crippen LogP contribution in [0.4, 0.5) is 18.6 Å². The van der Waals surface area contributed by atoms with Crippen molar-refractivity contribution in [1.82, 2.24) is 15.0 Å². The van der Waals surface area contributed by atoms with Crippen LogP contribution in [0, 0.1) is 10.1 Å². The smallest absolute Gasteiger partial charge is 0.444 e. The average Bonchev–Trinajstić information content (AvgIpc) is 2.78. The van der Waals surface area contributed by atoms with Crippen molar-refractivity contribution < 1.29 is 17.9 Å². The van der Waals surface area contributed by atoms with E-state index in [9.17, 15) is 23.1 Å². The van der Waals surface area contributed by atoms with Crippen molar-refractivity contribution in [3.8, 4) is 0 Å². The van der Waals surface area contributed by atoms with Gasteiger partial charge in [-0.1, -0.05) is 17.3 Å². The van der Waals surface area contributed by atoms with Crippen LogP contribution < -0.4 is 5.59 Å². The molecule has 1 heterocycles. The van der Waals surface area contributed by atoms with E-state index in [1.54, 1.807) is 0 Å². The number of non-ortho nitro benzene ring substituents is 1. The molecule has 0 saturated carbocycles. The van der Waals surface area contributed by atoms with Crippen molar-refractivity contribution >= 4 is 18.3 Å². The van der Waals surface area contributed by atoms with Gasteiger partial charge in [0.05, 0.1) is 11.5 Å². The minimum atomic E-state index is -5.17. The van der Waals surface area contributed by atoms with Gasteiger partial charge < -0.3 is 12.9 Å². The second-order valence-electron chi connectivity index (χ2n) is 3.84. The fourth-order valence-corrected chi connectivity index (χ4v) is 1.45. The maximum atomic E-state index is 12.4. The largest absolute Gasteiger partial charge is 0.531 e. The second kappa shape index (κ2) is 4.71. The normalized spacial score (nSPS) is 11.5. The molecule has 100 valence electrons. The summed E-state index contributed by atoms with van der Waals surface area (Å²) in [5, 5.41) is 16.8. The maximum Gasteiger partial charge on any atom is 0.531 e. The Balaban J connectivity index is 2.13. The molecule has 0 bridgehead atoms. The summed E-state index contributed by atoms with van der Waals surface area (Å²) in [4.78, 5) is 9.89. The molecule has 19 heavy (non-hydrogen) atoms. The Morgan fingerprint density at radius 2 is 1.89 bits per heavy atom. The fraction of sp³-hybridized carbons (Fsp3) is 0.111. The number of nitro benzene ring substituents is 1. The van der Waals surface area contributed by atoms with Gasteiger partial charge in [-0.25, -0.2) is 0 Å². The number of hydrogen-bond acceptors (Lipinski definition) is 4. The van der Waals surface area contributed by atoms with Crippen LogP contribution in [0.5, 0.6) is 0 Å². The Morgan fingerprint density at radius 3 is 2.37 bits per heavy atom. The fourth-order valence-electron chi connectivity index (χ4n) is 1.45. The molecule has 0 N–H and O–H groups in total. The molecule has 0 aliphatic heterocycles. The lowest BCUT2D eigenvalue weighted by molar-refractivity contribution is -0.384. The molecule has 0 aliphatic rings. The van der Waals surface area contributed by atoms with Gasteiger partial charge in [0.2, 0.25) is 0 Å². The molecule has 0 saturated heterocycles. The first-order valence-electron chi connectivity index (χ1n) is 5.19. The van der Waals surface area contributed by atoms with E-state index in [4.69, 9.17) is 0 Å². The number of benzene rings is 1. The maximum absolute atomic E-state index is 12.4. The Bertz CT molecular complexity index is 596. The first-order valence-corrected chi connectivity index (χ1v) is 5.19. The average molecular weight is 271 g/mol. The van der Waals surface area contributed by atoms with Gasteiger partial charge in [0, 0.05) is 23.9 Å². The molecule has 0 aliphatic carbocycles. The molecule has 0 amide bonds. The van der Waals surface area contributed by atoms with E-state index in [2.05, 4.69) is 10.3 Å². The summed E-state index contributed by atoms with van der Waals surface area (Å²) in [6, 6.07) is 5.47. The summed E-state index contributed by atoms with van der Waals surface area (Å²) >= 11 is 0. The Hall–Kier alpha value is -2.39. The van der Waals surface area contributed by atoms with Crippen LogP contribution in [0.15, 0.2) is 30.5 Å². The number of aromatic nitrogens is 3. The van der Waals surface area contributed by atoms with Crippen molar-refractivity contribution in [2.45, 2.75) is 6.54 Å². The third-order valence-corrected chi connectivity index (χ3v) is 2.38. The summed E-state index contributed by atoms with van der Waals surface area (Å²) < 4.78 is 38.1. The number of nitrogens with zero attached hydrogens (tertiary/aromatic N) is 4. The van der Waals surface area contributed by atoms with Crippen LogP contribution in [0.3, 0.4) is 0 Å². The molecule has 0 atom stereocenters. The SMILES string of the molecule is O=[N+]([O-])c1ccc(Cn2cc([B-](F)(F)F)nn2)cc1. The predicted molar refractivity (Wildman–Crippen MR) is 60.9 cm³/mol. The second-order valence-corrected chi connectivity index (χ2v) is 3.84. The predicted octanol–water partition coefficient (Wildman–Crippen LogP) is 1.29. The van der Waals surface area contributed by atoms with Gasteiger partial charge in [-0.15, -0.1) is 0 Å². The molecule has 2 rings (SSSR count). The Morgan fingerprint density at radius 1 is 1.26 bits per heavy atom. The van der Waals surface area contributed by atoms with Gasteiger partial charge in [-0.3, -0.25) is 14.8 Å². The van der Waals surface area contributed by atoms with E-state index >= 15 is 0 Å². The highest BCUT2D eigenvalue weighted by atomic mass is 19.4. The van der Waals surface area contributed by atoms with E-state index in [1.165, 1.54) is 24.3 Å². The zero-order chi connectivity index (χ0) is 14.0. The molecule has 0 radical (unpaired) electrons. The van der Waals surface area contributed by atoms with Gasteiger partial charge in [-0.05, 0) is 5.56 Å². The highest BCUT2D eigenvalue weighted by Gasteiger charge is 2.29. The Labute approximate surface area is 105 Å². The van der Waals surface area contributed by atoms with Crippen LogP contribution in [0.25, 0.3) is 0 Å². The molecule has 0 fully saturated rings. The van der Waals surface area contributed by atoms with Gasteiger partial charge in [0.25, 0.3) is 5.69 Å². The van der Waals surface area contributed by atoms with Crippen LogP contribution >= 0.6 is 0 Å². The summed E-state index contributed by atoms with van der Waals surface area (Å²) in [5.41, 5.74) is -0.500. The van der Waals surface area contributed by atoms with Crippen LogP contribution in [-0.2, 0) is 6.54 Å². The summed E-state index contributed by atoms with van der Waals surface area (Å²) in [7, 11) is 0. The molecule has 2 aromatic rings. The molecule has 6 nitrogen and oxygen atoms in total. The van der Waals surface area contributed by atoms with E-state index in [0.717, 1.165) is 10.9 Å². The van der Waals surface area contributed by atoms with Gasteiger partial charge in [0.15, 0.2) is 0 Å². The minimum Gasteiger partial charge on any atom is -0.444 e. The molecular formula is C9H7BF3N4O2-. The van der Waals surface area contributed by atoms with Crippen LogP contribution in [0.2, 0.25) is 0 Å². The summed E-state index contributed by atoms with van der Waals surface area (Å²) in [6.07, 6.45) is 0.807. The molecular weight excluding hydrogens is 264 g/mol. The van der Waals surface area contributed by atoms with Crippen molar-refractivity contribution in [1.29, 1.82) is 0 Å². The minimum absolute atomic E-state index is 0.0666. The van der Waals surface area contributed by atoms with E-state index < -0.39 is 17.5 Å². The molecule has 1 aromatic heterocycles. The number of nitro groups is 1. The zero-order valence-electron chi connectivity index (χ0n) is 9.41. The van der Waals surface area contributed by atoms with Crippen molar-refractivity contribution in [2.24, 2.45) is 0 Å². The molecule has 0 unspecified atom stereocenters. The van der Waals surface area contributed by atoms with Gasteiger partial charge in [0.1, 0.15) is 0 Å². The number of rotatable bonds is 4. The topological polar surface area (TPSA) is 73.8 Å². The van der Waals surface area contributed by atoms with Gasteiger partial charge in [-0.2, -0.15) is 5.10 Å². The first-order chi connectivity index (χ1) is 8.86. The monoisotopic (exact) mass is 271 g/mol. The molecule has 1 aromatic carbocycles. The highest BCUT2D eigenvalue weighted by molar-refractivity contribution is 6.72. The standard InChI is InChI=1S/C9H7BF3N4O2/c11-10(12,13)9-6-16(15-14-9)5-7-1-3-8(4-2-7)17(18)19/h1-4,6H,5H2/q-1. The molecule has 0 spiro atoms. The third kappa shape index (κ3) is 3.09. The number of halogens is 3. The summed E-state index contributed by atoms with van der Waals surface area (Å²) in [6.45, 7) is -5.10. The lowest BCUT2D eigenvalue weighted by atomic mass is 9.87. The van der Waals surface area contributed by atoms with Crippen molar-refractivity contribution in [2.75, 3.05) is 0 Å². The van der Waals surface area contributed by atoms with Crippen molar-refractivity contribution in [3.05, 3.63) is 46.1 Å². The summed E-state index contributed by atoms with van der Waals surface area (Å²) in [5.74, 6) is 0. The quantitative estimate of drug-likeness (QED) is 0.477. The van der Waals surface area contributed by atoms with E-state index in [1.807, 2.05) is 0 Å². The van der Waals surface area contributed by atoms with Crippen LogP contribution in [-0.4, -0.2) is 26.9 Å². The molecule has 10 heteroatoms. The zero-order valence-corrected chi connectivity index (χ0v) is 9.41. The van der Waals surface area contributed by atoms with Crippen LogP contribution in [0.1, 0.15) is 5.56 Å². The van der Waals surface area contributed by atoms with E-state index in [0.29, 0.717) is 5.56 Å². The van der Waals surface area contributed by atoms with Crippen molar-refractivity contribution in [3.63, 3.8) is 0 Å². The third-order valence-electron chi connectivity index (χ3n) is 2.38. The van der Waals surface area contributed by atoms with E-state index in [-0.39, 0.29) is 12.2 Å².